The lowest BCUT2D eigenvalue weighted by atomic mass is 10.0. The van der Waals surface area contributed by atoms with Gasteiger partial charge in [0.15, 0.2) is 0 Å². The first-order valence-corrected chi connectivity index (χ1v) is 7.67. The minimum Gasteiger partial charge on any atom is -0.353 e. The van der Waals surface area contributed by atoms with Gasteiger partial charge in [0.1, 0.15) is 0 Å². The first-order chi connectivity index (χ1) is 10.2. The van der Waals surface area contributed by atoms with Crippen molar-refractivity contribution >= 4 is 16.7 Å². The minimum atomic E-state index is 0.140. The number of carbonyl (C=O) groups is 1. The number of nitrogens with one attached hydrogen (secondary N) is 1. The number of carbonyl (C=O) groups excluding carboxylic acids is 1. The van der Waals surface area contributed by atoms with Gasteiger partial charge < -0.3 is 10.2 Å². The van der Waals surface area contributed by atoms with Gasteiger partial charge in [0.25, 0.3) is 0 Å². The molecule has 0 aliphatic carbocycles. The Bertz CT molecular complexity index is 625. The van der Waals surface area contributed by atoms with E-state index in [-0.39, 0.29) is 5.91 Å². The summed E-state index contributed by atoms with van der Waals surface area (Å²) in [7, 11) is 2.13. The lowest BCUT2D eigenvalue weighted by Crippen LogP contribution is -2.43. The predicted molar refractivity (Wildman–Crippen MR) is 86.3 cm³/mol. The third-order valence-electron chi connectivity index (χ3n) is 4.31. The van der Waals surface area contributed by atoms with E-state index in [1.165, 1.54) is 10.8 Å². The topological polar surface area (TPSA) is 32.3 Å². The first kappa shape index (κ1) is 14.1. The van der Waals surface area contributed by atoms with Crippen LogP contribution >= 0.6 is 0 Å². The average molecular weight is 282 g/mol. The number of likely N-dealkylation sites (tertiary alicyclic amines) is 1. The van der Waals surface area contributed by atoms with Crippen molar-refractivity contribution in [1.82, 2.24) is 10.2 Å². The van der Waals surface area contributed by atoms with Gasteiger partial charge in [-0.1, -0.05) is 42.5 Å². The lowest BCUT2D eigenvalue weighted by Gasteiger charge is -2.29. The molecule has 1 N–H and O–H groups in total. The molecule has 2 aromatic rings. The van der Waals surface area contributed by atoms with Gasteiger partial charge in [0.05, 0.1) is 6.42 Å². The summed E-state index contributed by atoms with van der Waals surface area (Å²) in [5.74, 6) is 0.140. The van der Waals surface area contributed by atoms with Crippen LogP contribution in [0, 0.1) is 0 Å². The van der Waals surface area contributed by atoms with Crippen LogP contribution in [0.4, 0.5) is 0 Å². The van der Waals surface area contributed by atoms with Gasteiger partial charge in [-0.15, -0.1) is 0 Å². The fourth-order valence-electron chi connectivity index (χ4n) is 3.05. The van der Waals surface area contributed by atoms with Gasteiger partial charge in [-0.2, -0.15) is 0 Å². The second-order valence-corrected chi connectivity index (χ2v) is 5.96. The molecule has 1 aliphatic heterocycles. The highest BCUT2D eigenvalue weighted by Gasteiger charge is 2.18. The van der Waals surface area contributed by atoms with Crippen molar-refractivity contribution in [1.29, 1.82) is 0 Å². The molecule has 1 aliphatic rings. The van der Waals surface area contributed by atoms with E-state index in [2.05, 4.69) is 41.5 Å². The van der Waals surface area contributed by atoms with E-state index in [4.69, 9.17) is 0 Å². The highest BCUT2D eigenvalue weighted by Crippen LogP contribution is 2.19. The molecule has 1 fully saturated rings. The lowest BCUT2D eigenvalue weighted by molar-refractivity contribution is -0.121. The van der Waals surface area contributed by atoms with E-state index < -0.39 is 0 Å². The molecule has 0 spiro atoms. The van der Waals surface area contributed by atoms with Crippen molar-refractivity contribution in [3.63, 3.8) is 0 Å². The summed E-state index contributed by atoms with van der Waals surface area (Å²) in [6, 6.07) is 14.8. The van der Waals surface area contributed by atoms with Crippen LogP contribution in [0.1, 0.15) is 18.4 Å². The fraction of sp³-hybridized carbons (Fsp3) is 0.389. The molecule has 0 unspecified atom stereocenters. The zero-order valence-corrected chi connectivity index (χ0v) is 12.5. The second kappa shape index (κ2) is 6.27. The van der Waals surface area contributed by atoms with E-state index in [9.17, 15) is 4.79 Å². The standard InChI is InChI=1S/C18H22N2O/c1-20-11-9-16(10-12-20)19-18(21)13-15-7-4-6-14-5-2-3-8-17(14)15/h2-8,16H,9-13H2,1H3,(H,19,21). The molecule has 0 saturated carbocycles. The molecule has 3 heteroatoms. The van der Waals surface area contributed by atoms with Crippen LogP contribution in [-0.2, 0) is 11.2 Å². The van der Waals surface area contributed by atoms with Crippen LogP contribution in [0.5, 0.6) is 0 Å². The molecule has 0 atom stereocenters. The summed E-state index contributed by atoms with van der Waals surface area (Å²) in [5.41, 5.74) is 1.11. The Labute approximate surface area is 125 Å². The third kappa shape index (κ3) is 3.42. The Kier molecular flexibility index (Phi) is 4.20. The van der Waals surface area contributed by atoms with Crippen molar-refractivity contribution in [2.75, 3.05) is 20.1 Å². The minimum absolute atomic E-state index is 0.140. The average Bonchev–Trinajstić information content (AvgIpc) is 2.50. The number of amides is 1. The van der Waals surface area contributed by atoms with Crippen LogP contribution in [-0.4, -0.2) is 37.0 Å². The van der Waals surface area contributed by atoms with Crippen LogP contribution in [0.3, 0.4) is 0 Å². The maximum absolute atomic E-state index is 12.3. The maximum atomic E-state index is 12.3. The van der Waals surface area contributed by atoms with Crippen LogP contribution < -0.4 is 5.32 Å². The van der Waals surface area contributed by atoms with Crippen molar-refractivity contribution in [3.05, 3.63) is 48.0 Å². The van der Waals surface area contributed by atoms with Crippen molar-refractivity contribution in [3.8, 4) is 0 Å². The molecule has 110 valence electrons. The predicted octanol–water partition coefficient (Wildman–Crippen LogP) is 2.59. The number of nitrogens with zero attached hydrogens (tertiary/aromatic N) is 1. The van der Waals surface area contributed by atoms with Crippen LogP contribution in [0.25, 0.3) is 10.8 Å². The Morgan fingerprint density at radius 2 is 1.86 bits per heavy atom. The van der Waals surface area contributed by atoms with Gasteiger partial charge in [0.2, 0.25) is 5.91 Å². The summed E-state index contributed by atoms with van der Waals surface area (Å²) < 4.78 is 0. The first-order valence-electron chi connectivity index (χ1n) is 7.67. The molecule has 3 nitrogen and oxygen atoms in total. The maximum Gasteiger partial charge on any atom is 0.224 e. The van der Waals surface area contributed by atoms with E-state index in [0.717, 1.165) is 31.5 Å². The highest BCUT2D eigenvalue weighted by atomic mass is 16.1. The molecule has 21 heavy (non-hydrogen) atoms. The summed E-state index contributed by atoms with van der Waals surface area (Å²) in [6.45, 7) is 2.14. The van der Waals surface area contributed by atoms with Gasteiger partial charge in [-0.3, -0.25) is 4.79 Å². The van der Waals surface area contributed by atoms with Crippen molar-refractivity contribution in [2.24, 2.45) is 0 Å². The molecule has 0 bridgehead atoms. The molecule has 1 saturated heterocycles. The van der Waals surface area contributed by atoms with Gasteiger partial charge in [-0.25, -0.2) is 0 Å². The molecule has 3 rings (SSSR count). The van der Waals surface area contributed by atoms with Crippen LogP contribution in [0.2, 0.25) is 0 Å². The van der Waals surface area contributed by atoms with E-state index in [0.29, 0.717) is 12.5 Å². The van der Waals surface area contributed by atoms with Gasteiger partial charge in [0, 0.05) is 6.04 Å². The number of piperidine rings is 1. The Balaban J connectivity index is 1.66. The fourth-order valence-corrected chi connectivity index (χ4v) is 3.05. The Hall–Kier alpha value is -1.87. The summed E-state index contributed by atoms with van der Waals surface area (Å²) in [6.07, 6.45) is 2.57. The second-order valence-electron chi connectivity index (χ2n) is 5.96. The smallest absolute Gasteiger partial charge is 0.224 e. The highest BCUT2D eigenvalue weighted by molar-refractivity contribution is 5.90. The van der Waals surface area contributed by atoms with E-state index in [1.54, 1.807) is 0 Å². The Morgan fingerprint density at radius 1 is 1.14 bits per heavy atom. The third-order valence-corrected chi connectivity index (χ3v) is 4.31. The number of fused-ring (bicyclic) bond motifs is 1. The summed E-state index contributed by atoms with van der Waals surface area (Å²) in [5, 5.41) is 5.56. The van der Waals surface area contributed by atoms with E-state index in [1.807, 2.05) is 18.2 Å². The number of hydrogen-bond donors (Lipinski definition) is 1. The molecule has 1 amide bonds. The van der Waals surface area contributed by atoms with Gasteiger partial charge in [-0.05, 0) is 49.3 Å². The van der Waals surface area contributed by atoms with Crippen molar-refractivity contribution < 1.29 is 4.79 Å². The quantitative estimate of drug-likeness (QED) is 0.938. The van der Waals surface area contributed by atoms with Crippen LogP contribution in [0.15, 0.2) is 42.5 Å². The molecule has 2 aromatic carbocycles. The number of rotatable bonds is 3. The zero-order valence-electron chi connectivity index (χ0n) is 12.5. The largest absolute Gasteiger partial charge is 0.353 e. The molecule has 1 heterocycles. The van der Waals surface area contributed by atoms with Gasteiger partial charge >= 0.3 is 0 Å². The molecule has 0 aromatic heterocycles. The monoisotopic (exact) mass is 282 g/mol. The zero-order chi connectivity index (χ0) is 14.7. The summed E-state index contributed by atoms with van der Waals surface area (Å²) >= 11 is 0. The number of benzene rings is 2. The molecule has 0 radical (unpaired) electrons. The molecular formula is C18H22N2O. The summed E-state index contributed by atoms with van der Waals surface area (Å²) in [4.78, 5) is 14.6. The SMILES string of the molecule is CN1CCC(NC(=O)Cc2cccc3ccccc23)CC1. The van der Waals surface area contributed by atoms with E-state index >= 15 is 0 Å². The Morgan fingerprint density at radius 3 is 2.67 bits per heavy atom. The number of hydrogen-bond acceptors (Lipinski definition) is 2. The van der Waals surface area contributed by atoms with Crippen molar-refractivity contribution in [2.45, 2.75) is 25.3 Å². The normalized spacial score (nSPS) is 17.0. The molecular weight excluding hydrogens is 260 g/mol.